The zero-order valence-electron chi connectivity index (χ0n) is 11.8. The Bertz CT molecular complexity index is 790. The molecule has 0 aliphatic carbocycles. The molecule has 4 nitrogen and oxygen atoms in total. The number of aryl methyl sites for hydroxylation is 2. The maximum absolute atomic E-state index is 6.11. The highest BCUT2D eigenvalue weighted by Crippen LogP contribution is 2.28. The van der Waals surface area contributed by atoms with Crippen LogP contribution in [0, 0.1) is 13.8 Å². The topological polar surface area (TPSA) is 53.1 Å². The van der Waals surface area contributed by atoms with Gasteiger partial charge in [-0.2, -0.15) is 0 Å². The molecule has 0 spiro atoms. The van der Waals surface area contributed by atoms with Gasteiger partial charge in [0.2, 0.25) is 5.95 Å². The molecule has 0 atom stereocenters. The average Bonchev–Trinajstić information content (AvgIpc) is 2.76. The van der Waals surface area contributed by atoms with Crippen molar-refractivity contribution in [3.8, 4) is 11.4 Å². The Morgan fingerprint density at radius 1 is 1.10 bits per heavy atom. The average molecular weight is 267 g/mol. The lowest BCUT2D eigenvalue weighted by Gasteiger charge is -2.11. The Kier molecular flexibility index (Phi) is 2.86. The quantitative estimate of drug-likeness (QED) is 0.775. The summed E-state index contributed by atoms with van der Waals surface area (Å²) >= 11 is 0. The van der Waals surface area contributed by atoms with Crippen LogP contribution < -0.4 is 10.5 Å². The van der Waals surface area contributed by atoms with Crippen molar-refractivity contribution in [2.45, 2.75) is 13.8 Å². The first-order valence-corrected chi connectivity index (χ1v) is 6.50. The van der Waals surface area contributed by atoms with Crippen molar-refractivity contribution in [1.82, 2.24) is 9.55 Å². The standard InChI is InChI=1S/C16H17N3O/c1-10-4-5-11(2)15(8-10)19-14-7-6-12(20-3)9-13(14)18-16(19)17/h4-9H,1-3H3,(H2,17,18). The van der Waals surface area contributed by atoms with Gasteiger partial charge in [-0.05, 0) is 43.2 Å². The minimum atomic E-state index is 0.488. The molecule has 0 aliphatic heterocycles. The third-order valence-electron chi connectivity index (χ3n) is 3.49. The fraction of sp³-hybridized carbons (Fsp3) is 0.188. The molecule has 102 valence electrons. The Morgan fingerprint density at radius 2 is 1.90 bits per heavy atom. The van der Waals surface area contributed by atoms with Gasteiger partial charge in [0.1, 0.15) is 5.75 Å². The number of nitrogens with two attached hydrogens (primary N) is 1. The number of imidazole rings is 1. The lowest BCUT2D eigenvalue weighted by molar-refractivity contribution is 0.415. The molecule has 1 heterocycles. The SMILES string of the molecule is COc1ccc2c(c1)nc(N)n2-c1cc(C)ccc1C. The Hall–Kier alpha value is -2.49. The third-order valence-corrected chi connectivity index (χ3v) is 3.49. The number of hydrogen-bond acceptors (Lipinski definition) is 3. The molecule has 2 N–H and O–H groups in total. The maximum atomic E-state index is 6.11. The predicted octanol–water partition coefficient (Wildman–Crippen LogP) is 3.23. The number of nitrogens with zero attached hydrogens (tertiary/aromatic N) is 2. The van der Waals surface area contributed by atoms with Crippen LogP contribution in [0.5, 0.6) is 5.75 Å². The van der Waals surface area contributed by atoms with Crippen LogP contribution in [0.2, 0.25) is 0 Å². The first-order chi connectivity index (χ1) is 9.60. The lowest BCUT2D eigenvalue weighted by atomic mass is 10.1. The Balaban J connectivity index is 2.30. The molecule has 0 fully saturated rings. The van der Waals surface area contributed by atoms with Gasteiger partial charge in [0.25, 0.3) is 0 Å². The molecular formula is C16H17N3O. The van der Waals surface area contributed by atoms with Crippen LogP contribution in [0.3, 0.4) is 0 Å². The molecule has 1 aromatic heterocycles. The summed E-state index contributed by atoms with van der Waals surface area (Å²) in [6, 6.07) is 12.1. The summed E-state index contributed by atoms with van der Waals surface area (Å²) in [5, 5.41) is 0. The van der Waals surface area contributed by atoms with E-state index in [0.717, 1.165) is 28.0 Å². The maximum Gasteiger partial charge on any atom is 0.205 e. The van der Waals surface area contributed by atoms with E-state index in [0.29, 0.717) is 5.95 Å². The highest BCUT2D eigenvalue weighted by molar-refractivity contribution is 5.82. The summed E-state index contributed by atoms with van der Waals surface area (Å²) in [5.74, 6) is 1.27. The number of ether oxygens (including phenoxy) is 1. The Morgan fingerprint density at radius 3 is 2.65 bits per heavy atom. The molecule has 0 unspecified atom stereocenters. The van der Waals surface area contributed by atoms with E-state index in [1.807, 2.05) is 22.8 Å². The highest BCUT2D eigenvalue weighted by Gasteiger charge is 2.12. The van der Waals surface area contributed by atoms with Gasteiger partial charge in [-0.25, -0.2) is 4.98 Å². The van der Waals surface area contributed by atoms with Crippen molar-refractivity contribution in [2.75, 3.05) is 12.8 Å². The third kappa shape index (κ3) is 1.90. The van der Waals surface area contributed by atoms with E-state index in [-0.39, 0.29) is 0 Å². The van der Waals surface area contributed by atoms with Gasteiger partial charge in [0.15, 0.2) is 0 Å². The molecule has 4 heteroatoms. The van der Waals surface area contributed by atoms with Crippen LogP contribution in [0.15, 0.2) is 36.4 Å². The molecule has 0 radical (unpaired) electrons. The van der Waals surface area contributed by atoms with Crippen LogP contribution in [0.1, 0.15) is 11.1 Å². The number of hydrogen-bond donors (Lipinski definition) is 1. The zero-order chi connectivity index (χ0) is 14.3. The van der Waals surface area contributed by atoms with Crippen molar-refractivity contribution in [1.29, 1.82) is 0 Å². The minimum Gasteiger partial charge on any atom is -0.497 e. The molecule has 0 bridgehead atoms. The number of nitrogen functional groups attached to an aromatic ring is 1. The van der Waals surface area contributed by atoms with Crippen molar-refractivity contribution >= 4 is 17.0 Å². The van der Waals surface area contributed by atoms with Gasteiger partial charge >= 0.3 is 0 Å². The van der Waals surface area contributed by atoms with Gasteiger partial charge < -0.3 is 10.5 Å². The molecule has 0 saturated heterocycles. The van der Waals surface area contributed by atoms with E-state index >= 15 is 0 Å². The van der Waals surface area contributed by atoms with Gasteiger partial charge in [-0.3, -0.25) is 4.57 Å². The molecule has 0 amide bonds. The van der Waals surface area contributed by atoms with Crippen LogP contribution in [-0.2, 0) is 0 Å². The first-order valence-electron chi connectivity index (χ1n) is 6.50. The molecule has 2 aromatic carbocycles. The molecule has 0 saturated carbocycles. The number of rotatable bonds is 2. The second-order valence-electron chi connectivity index (χ2n) is 4.95. The van der Waals surface area contributed by atoms with Crippen molar-refractivity contribution in [3.63, 3.8) is 0 Å². The summed E-state index contributed by atoms with van der Waals surface area (Å²) in [6.45, 7) is 4.14. The van der Waals surface area contributed by atoms with Crippen molar-refractivity contribution < 1.29 is 4.74 Å². The predicted molar refractivity (Wildman–Crippen MR) is 81.5 cm³/mol. The van der Waals surface area contributed by atoms with Gasteiger partial charge in [0, 0.05) is 6.07 Å². The van der Waals surface area contributed by atoms with Crippen LogP contribution in [0.25, 0.3) is 16.7 Å². The van der Waals surface area contributed by atoms with Crippen LogP contribution in [-0.4, -0.2) is 16.7 Å². The lowest BCUT2D eigenvalue weighted by Crippen LogP contribution is -2.02. The van der Waals surface area contributed by atoms with Crippen LogP contribution >= 0.6 is 0 Å². The Labute approximate surface area is 117 Å². The van der Waals surface area contributed by atoms with Crippen LogP contribution in [0.4, 0.5) is 5.95 Å². The smallest absolute Gasteiger partial charge is 0.205 e. The zero-order valence-corrected chi connectivity index (χ0v) is 11.8. The fourth-order valence-corrected chi connectivity index (χ4v) is 2.42. The van der Waals surface area contributed by atoms with E-state index < -0.39 is 0 Å². The van der Waals surface area contributed by atoms with Gasteiger partial charge in [0.05, 0.1) is 23.8 Å². The molecule has 20 heavy (non-hydrogen) atoms. The van der Waals surface area contributed by atoms with E-state index in [9.17, 15) is 0 Å². The second kappa shape index (κ2) is 4.56. The van der Waals surface area contributed by atoms with E-state index in [2.05, 4.69) is 37.0 Å². The summed E-state index contributed by atoms with van der Waals surface area (Å²) in [7, 11) is 1.65. The first kappa shape index (κ1) is 12.5. The summed E-state index contributed by atoms with van der Waals surface area (Å²) in [4.78, 5) is 4.43. The fourth-order valence-electron chi connectivity index (χ4n) is 2.42. The molecular weight excluding hydrogens is 250 g/mol. The van der Waals surface area contributed by atoms with Crippen molar-refractivity contribution in [2.24, 2.45) is 0 Å². The van der Waals surface area contributed by atoms with E-state index in [1.54, 1.807) is 7.11 Å². The molecule has 3 aromatic rings. The van der Waals surface area contributed by atoms with Crippen molar-refractivity contribution in [3.05, 3.63) is 47.5 Å². The highest BCUT2D eigenvalue weighted by atomic mass is 16.5. The number of fused-ring (bicyclic) bond motifs is 1. The normalized spacial score (nSPS) is 10.9. The number of anilines is 1. The number of benzene rings is 2. The van der Waals surface area contributed by atoms with Gasteiger partial charge in [-0.15, -0.1) is 0 Å². The summed E-state index contributed by atoms with van der Waals surface area (Å²) < 4.78 is 7.21. The monoisotopic (exact) mass is 267 g/mol. The molecule has 3 rings (SSSR count). The molecule has 0 aliphatic rings. The number of aromatic nitrogens is 2. The van der Waals surface area contributed by atoms with Gasteiger partial charge in [-0.1, -0.05) is 12.1 Å². The largest absolute Gasteiger partial charge is 0.497 e. The number of methoxy groups -OCH3 is 1. The minimum absolute atomic E-state index is 0.488. The summed E-state index contributed by atoms with van der Waals surface area (Å²) in [6.07, 6.45) is 0. The second-order valence-corrected chi connectivity index (χ2v) is 4.95. The van der Waals surface area contributed by atoms with E-state index in [1.165, 1.54) is 5.56 Å². The summed E-state index contributed by atoms with van der Waals surface area (Å²) in [5.41, 5.74) is 11.4. The van der Waals surface area contributed by atoms with E-state index in [4.69, 9.17) is 10.5 Å².